The molecule has 48 heavy (non-hydrogen) atoms. The molecule has 0 heterocycles. The Morgan fingerprint density at radius 2 is 0.958 bits per heavy atom. The van der Waals surface area contributed by atoms with Gasteiger partial charge >= 0.3 is 19.8 Å². The first-order valence-electron chi connectivity index (χ1n) is 18.9. The van der Waals surface area contributed by atoms with E-state index >= 15 is 0 Å². The van der Waals surface area contributed by atoms with Crippen LogP contribution in [0.25, 0.3) is 0 Å². The van der Waals surface area contributed by atoms with Crippen molar-refractivity contribution in [1.29, 1.82) is 0 Å². The lowest BCUT2D eigenvalue weighted by atomic mass is 10.1. The summed E-state index contributed by atoms with van der Waals surface area (Å²) < 4.78 is 26.3. The molecule has 0 saturated heterocycles. The number of phosphoric acid groups is 1. The van der Waals surface area contributed by atoms with Gasteiger partial charge in [-0.3, -0.25) is 14.1 Å². The molecule has 0 amide bonds. The van der Waals surface area contributed by atoms with E-state index in [4.69, 9.17) is 19.3 Å². The number of ether oxygens (including phenoxy) is 2. The molecule has 1 atom stereocenters. The van der Waals surface area contributed by atoms with Gasteiger partial charge in [-0.15, -0.1) is 0 Å². The average molecular weight is 697 g/mol. The first-order chi connectivity index (χ1) is 23.3. The number of allylic oxidation sites excluding steroid dienone is 8. The van der Waals surface area contributed by atoms with Crippen LogP contribution in [0.3, 0.4) is 0 Å². The molecule has 0 aliphatic heterocycles. The minimum Gasteiger partial charge on any atom is -0.462 e. The van der Waals surface area contributed by atoms with Crippen molar-refractivity contribution in [3.05, 3.63) is 48.6 Å². The Kier molecular flexibility index (Phi) is 33.4. The molecule has 1 unspecified atom stereocenters. The monoisotopic (exact) mass is 696 g/mol. The van der Waals surface area contributed by atoms with Gasteiger partial charge in [-0.05, 0) is 70.6 Å². The van der Waals surface area contributed by atoms with Crippen LogP contribution in [0.1, 0.15) is 168 Å². The molecule has 0 saturated carbocycles. The van der Waals surface area contributed by atoms with Gasteiger partial charge in [-0.25, -0.2) is 4.57 Å². The van der Waals surface area contributed by atoms with Crippen LogP contribution in [0.15, 0.2) is 48.6 Å². The van der Waals surface area contributed by atoms with Crippen molar-refractivity contribution in [2.45, 2.75) is 174 Å². The molecule has 8 nitrogen and oxygen atoms in total. The van der Waals surface area contributed by atoms with Crippen LogP contribution in [0.2, 0.25) is 0 Å². The van der Waals surface area contributed by atoms with E-state index < -0.39 is 32.5 Å². The Labute approximate surface area is 293 Å². The standard InChI is InChI=1S/C39H69O8P/c1-3-5-7-9-11-13-15-16-17-18-19-20-21-22-24-26-28-30-32-34-39(41)47-37(36-46-48(42,43)44)35-45-38(40)33-31-29-27-25-23-14-12-10-8-6-4-2/h10-13,16-17,19-20,37H,3-9,14-15,18,21-36H2,1-2H3,(H2,42,43,44)/b12-10-,13-11-,17-16-,20-19-. The number of rotatable bonds is 34. The van der Waals surface area contributed by atoms with Crippen LogP contribution in [0, 0.1) is 0 Å². The smallest absolute Gasteiger partial charge is 0.462 e. The van der Waals surface area contributed by atoms with Gasteiger partial charge in [0.2, 0.25) is 0 Å². The maximum atomic E-state index is 12.4. The van der Waals surface area contributed by atoms with E-state index in [9.17, 15) is 14.2 Å². The molecular formula is C39H69O8P. The third-order valence-electron chi connectivity index (χ3n) is 7.82. The number of phosphoric ester groups is 1. The average Bonchev–Trinajstić information content (AvgIpc) is 3.05. The predicted octanol–water partition coefficient (Wildman–Crippen LogP) is 11.2. The zero-order valence-corrected chi connectivity index (χ0v) is 31.3. The highest BCUT2D eigenvalue weighted by molar-refractivity contribution is 7.46. The summed E-state index contributed by atoms with van der Waals surface area (Å²) in [5.41, 5.74) is 0. The quantitative estimate of drug-likeness (QED) is 0.0295. The molecule has 0 aliphatic carbocycles. The summed E-state index contributed by atoms with van der Waals surface area (Å²) in [6.45, 7) is 3.58. The summed E-state index contributed by atoms with van der Waals surface area (Å²) in [5.74, 6) is -0.914. The molecular weight excluding hydrogens is 627 g/mol. The second kappa shape index (κ2) is 34.9. The number of esters is 2. The summed E-state index contributed by atoms with van der Waals surface area (Å²) in [7, 11) is -4.75. The van der Waals surface area contributed by atoms with Crippen LogP contribution in [0.5, 0.6) is 0 Å². The van der Waals surface area contributed by atoms with E-state index in [0.29, 0.717) is 12.8 Å². The largest absolute Gasteiger partial charge is 0.469 e. The molecule has 0 radical (unpaired) electrons. The van der Waals surface area contributed by atoms with Crippen molar-refractivity contribution in [2.24, 2.45) is 0 Å². The minimum atomic E-state index is -4.75. The second-order valence-electron chi connectivity index (χ2n) is 12.5. The van der Waals surface area contributed by atoms with Crippen molar-refractivity contribution in [3.63, 3.8) is 0 Å². The van der Waals surface area contributed by atoms with Crippen molar-refractivity contribution < 1.29 is 37.9 Å². The van der Waals surface area contributed by atoms with E-state index in [-0.39, 0.29) is 19.4 Å². The van der Waals surface area contributed by atoms with Gasteiger partial charge in [0.25, 0.3) is 0 Å². The van der Waals surface area contributed by atoms with E-state index in [0.717, 1.165) is 89.9 Å². The number of carbonyl (C=O) groups is 2. The minimum absolute atomic E-state index is 0.194. The number of carbonyl (C=O) groups excluding carboxylic acids is 2. The summed E-state index contributed by atoms with van der Waals surface area (Å²) in [5, 5.41) is 0. The normalized spacial score (nSPS) is 13.0. The molecule has 0 aromatic heterocycles. The summed E-state index contributed by atoms with van der Waals surface area (Å²) >= 11 is 0. The molecule has 0 rings (SSSR count). The van der Waals surface area contributed by atoms with Gasteiger partial charge in [-0.1, -0.05) is 133 Å². The molecule has 0 aromatic rings. The maximum absolute atomic E-state index is 12.4. The fourth-order valence-corrected chi connectivity index (χ4v) is 5.31. The first-order valence-corrected chi connectivity index (χ1v) is 20.5. The Morgan fingerprint density at radius 1 is 0.542 bits per heavy atom. The molecule has 0 bridgehead atoms. The van der Waals surface area contributed by atoms with E-state index in [1.807, 2.05) is 0 Å². The van der Waals surface area contributed by atoms with E-state index in [1.165, 1.54) is 38.5 Å². The van der Waals surface area contributed by atoms with Gasteiger partial charge in [0.05, 0.1) is 6.61 Å². The fourth-order valence-electron chi connectivity index (χ4n) is 4.95. The Balaban J connectivity index is 3.99. The molecule has 0 aromatic carbocycles. The number of hydrogen-bond acceptors (Lipinski definition) is 6. The SMILES string of the molecule is CCCC/C=C\CCCCCCCC(=O)OCC(COP(=O)(O)O)OC(=O)CCCCCCCC/C=C\C/C=C\C/C=C\CCCCC. The number of hydrogen-bond donors (Lipinski definition) is 2. The van der Waals surface area contributed by atoms with E-state index in [1.54, 1.807) is 0 Å². The van der Waals surface area contributed by atoms with Crippen LogP contribution < -0.4 is 0 Å². The van der Waals surface area contributed by atoms with Gasteiger partial charge in [0.15, 0.2) is 6.10 Å². The van der Waals surface area contributed by atoms with Gasteiger partial charge in [0, 0.05) is 12.8 Å². The van der Waals surface area contributed by atoms with Crippen molar-refractivity contribution in [3.8, 4) is 0 Å². The van der Waals surface area contributed by atoms with Crippen LogP contribution in [0.4, 0.5) is 0 Å². The van der Waals surface area contributed by atoms with Crippen LogP contribution in [-0.2, 0) is 28.2 Å². The topological polar surface area (TPSA) is 119 Å². The Bertz CT molecular complexity index is 921. The van der Waals surface area contributed by atoms with Gasteiger partial charge in [0.1, 0.15) is 6.61 Å². The first kappa shape index (κ1) is 46.0. The van der Waals surface area contributed by atoms with Crippen molar-refractivity contribution in [2.75, 3.05) is 13.2 Å². The summed E-state index contributed by atoms with van der Waals surface area (Å²) in [4.78, 5) is 42.6. The zero-order valence-electron chi connectivity index (χ0n) is 30.4. The molecule has 278 valence electrons. The highest BCUT2D eigenvalue weighted by Gasteiger charge is 2.22. The lowest BCUT2D eigenvalue weighted by Crippen LogP contribution is -2.29. The lowest BCUT2D eigenvalue weighted by Gasteiger charge is -2.18. The molecule has 0 aliphatic rings. The molecule has 9 heteroatoms. The van der Waals surface area contributed by atoms with Crippen LogP contribution >= 0.6 is 7.82 Å². The highest BCUT2D eigenvalue weighted by atomic mass is 31.2. The molecule has 2 N–H and O–H groups in total. The third-order valence-corrected chi connectivity index (χ3v) is 8.31. The second-order valence-corrected chi connectivity index (χ2v) is 13.8. The zero-order chi connectivity index (χ0) is 35.4. The number of unbranched alkanes of at least 4 members (excludes halogenated alkanes) is 16. The third kappa shape index (κ3) is 36.8. The van der Waals surface area contributed by atoms with E-state index in [2.05, 4.69) is 67.0 Å². The molecule has 0 spiro atoms. The van der Waals surface area contributed by atoms with Crippen molar-refractivity contribution >= 4 is 19.8 Å². The van der Waals surface area contributed by atoms with Crippen molar-refractivity contribution in [1.82, 2.24) is 0 Å². The molecule has 0 fully saturated rings. The van der Waals surface area contributed by atoms with Crippen LogP contribution in [-0.4, -0.2) is 41.0 Å². The van der Waals surface area contributed by atoms with Gasteiger partial charge in [-0.2, -0.15) is 0 Å². The lowest BCUT2D eigenvalue weighted by molar-refractivity contribution is -0.161. The highest BCUT2D eigenvalue weighted by Crippen LogP contribution is 2.36. The predicted molar refractivity (Wildman–Crippen MR) is 198 cm³/mol. The fraction of sp³-hybridized carbons (Fsp3) is 0.744. The van der Waals surface area contributed by atoms with Gasteiger partial charge < -0.3 is 19.3 Å². The summed E-state index contributed by atoms with van der Waals surface area (Å²) in [6.07, 6.45) is 41.2. The summed E-state index contributed by atoms with van der Waals surface area (Å²) in [6, 6.07) is 0. The maximum Gasteiger partial charge on any atom is 0.469 e. The Morgan fingerprint density at radius 3 is 1.48 bits per heavy atom. The Hall–Kier alpha value is -1.99.